The highest BCUT2D eigenvalue weighted by molar-refractivity contribution is 7.39. The number of carbonyl (C=O) groups excluding carboxylic acids is 4. The van der Waals surface area contributed by atoms with Crippen LogP contribution in [0.4, 0.5) is 17.6 Å². The molecule has 0 bridgehead atoms. The molecular weight excluding hydrogens is 679 g/mol. The summed E-state index contributed by atoms with van der Waals surface area (Å²) >= 11 is 5.91. The summed E-state index contributed by atoms with van der Waals surface area (Å²) in [4.78, 5) is 51.6. The van der Waals surface area contributed by atoms with Crippen LogP contribution in [-0.2, 0) is 16.6 Å². The average molecular weight is 690 g/mol. The second-order valence-electron chi connectivity index (χ2n) is 10.9. The van der Waals surface area contributed by atoms with E-state index in [9.17, 15) is 36.7 Å². The minimum absolute atomic E-state index is 0.0477. The molecule has 0 radical (unpaired) electrons. The van der Waals surface area contributed by atoms with Crippen LogP contribution in [0, 0.1) is 23.3 Å². The number of aromatic nitrogens is 1. The standard InChI is InChI=1S/C33H11F4NO4S4/c1-38-24-30-20(8-12(43-30)6-15-14-2-10(34)5-19(37)23(14)29(42)26(15)39)45-32(24)33-25(38)31-21(46-33)9-13(44-31)7-17-22-16(27(40)28(17)41)3-11(35)4-18(22)36/h2-9H,1H3/b15-6-,17-7-. The van der Waals surface area contributed by atoms with Crippen LogP contribution in [0.2, 0.25) is 0 Å². The molecule has 2 aliphatic carbocycles. The Morgan fingerprint density at radius 1 is 0.543 bits per heavy atom. The van der Waals surface area contributed by atoms with Gasteiger partial charge in [0.05, 0.1) is 35.4 Å². The molecule has 0 amide bonds. The van der Waals surface area contributed by atoms with E-state index in [4.69, 9.17) is 0 Å². The van der Waals surface area contributed by atoms with Crippen molar-refractivity contribution in [2.45, 2.75) is 0 Å². The molecule has 224 valence electrons. The van der Waals surface area contributed by atoms with Crippen LogP contribution in [0.15, 0.2) is 36.4 Å². The van der Waals surface area contributed by atoms with E-state index in [1.165, 1.54) is 34.8 Å². The number of halogens is 4. The number of carbonyl (C=O) groups is 4. The summed E-state index contributed by atoms with van der Waals surface area (Å²) in [7, 11) is 1.93. The molecule has 0 fully saturated rings. The van der Waals surface area contributed by atoms with Crippen molar-refractivity contribution in [1.82, 2.24) is 4.57 Å². The van der Waals surface area contributed by atoms with Gasteiger partial charge in [0.25, 0.3) is 0 Å². The maximum atomic E-state index is 14.7. The van der Waals surface area contributed by atoms with E-state index in [1.807, 2.05) is 19.2 Å². The fraction of sp³-hybridized carbons (Fsp3) is 0.0303. The van der Waals surface area contributed by atoms with Gasteiger partial charge in [-0.25, -0.2) is 17.6 Å². The van der Waals surface area contributed by atoms with Crippen LogP contribution in [0.1, 0.15) is 41.6 Å². The van der Waals surface area contributed by atoms with Gasteiger partial charge in [-0.05, 0) is 36.4 Å². The predicted octanol–water partition coefficient (Wildman–Crippen LogP) is 9.05. The van der Waals surface area contributed by atoms with Gasteiger partial charge in [0, 0.05) is 66.2 Å². The maximum Gasteiger partial charge on any atom is 0.237 e. The topological polar surface area (TPSA) is 73.2 Å². The number of ketones is 4. The third-order valence-electron chi connectivity index (χ3n) is 8.21. The van der Waals surface area contributed by atoms with Crippen molar-refractivity contribution < 1.29 is 36.7 Å². The summed E-state index contributed by atoms with van der Waals surface area (Å²) in [5.41, 5.74) is 0.842. The van der Waals surface area contributed by atoms with Gasteiger partial charge >= 0.3 is 0 Å². The second kappa shape index (κ2) is 9.26. The van der Waals surface area contributed by atoms with Gasteiger partial charge in [-0.1, -0.05) is 0 Å². The number of Topliss-reactive ketones (excluding diaryl/α,β-unsaturated/α-hetero) is 4. The third-order valence-corrected chi connectivity index (χ3v) is 13.1. The smallest absolute Gasteiger partial charge is 0.237 e. The molecule has 0 unspecified atom stereocenters. The van der Waals surface area contributed by atoms with Crippen LogP contribution < -0.4 is 0 Å². The first kappa shape index (κ1) is 27.7. The van der Waals surface area contributed by atoms with Gasteiger partial charge in [0.2, 0.25) is 23.1 Å². The molecule has 46 heavy (non-hydrogen) atoms. The van der Waals surface area contributed by atoms with Gasteiger partial charge in [0.15, 0.2) is 0 Å². The highest BCUT2D eigenvalue weighted by Gasteiger charge is 2.38. The van der Waals surface area contributed by atoms with Crippen LogP contribution in [-0.4, -0.2) is 27.7 Å². The minimum Gasteiger partial charge on any atom is -0.340 e. The van der Waals surface area contributed by atoms with E-state index < -0.39 is 52.0 Å². The Kier molecular flexibility index (Phi) is 5.58. The lowest BCUT2D eigenvalue weighted by Crippen LogP contribution is -2.07. The maximum absolute atomic E-state index is 14.7. The SMILES string of the molecule is Cn1c2c3sc(/C=C4\C(=O)C(=O)c5c(F)cc(F)cc54)cc3sc2c2sc3cc(/C=C4\C(=O)C(=O)c5cc(F)cc(F)c54)sc3c21. The van der Waals surface area contributed by atoms with E-state index in [0.717, 1.165) is 51.4 Å². The monoisotopic (exact) mass is 689 g/mol. The van der Waals surface area contributed by atoms with E-state index in [0.29, 0.717) is 21.9 Å². The zero-order valence-corrected chi connectivity index (χ0v) is 26.1. The van der Waals surface area contributed by atoms with Crippen LogP contribution in [0.3, 0.4) is 0 Å². The Labute approximate surface area is 269 Å². The van der Waals surface area contributed by atoms with Crippen LogP contribution in [0.5, 0.6) is 0 Å². The number of thiophene rings is 4. The number of rotatable bonds is 2. The van der Waals surface area contributed by atoms with Crippen LogP contribution in [0.25, 0.3) is 62.5 Å². The minimum atomic E-state index is -1.07. The summed E-state index contributed by atoms with van der Waals surface area (Å²) in [5, 5.41) is 0. The Morgan fingerprint density at radius 3 is 1.63 bits per heavy atom. The number of hydrogen-bond acceptors (Lipinski definition) is 8. The predicted molar refractivity (Wildman–Crippen MR) is 174 cm³/mol. The number of allylic oxidation sites excluding steroid dienone is 2. The molecule has 5 aromatic heterocycles. The Hall–Kier alpha value is -4.56. The van der Waals surface area contributed by atoms with Gasteiger partial charge in [0.1, 0.15) is 23.3 Å². The highest BCUT2D eigenvalue weighted by Crippen LogP contribution is 2.51. The van der Waals surface area contributed by atoms with Crippen molar-refractivity contribution in [3.8, 4) is 0 Å². The Bertz CT molecular complexity index is 2730. The number of hydrogen-bond donors (Lipinski definition) is 0. The summed E-state index contributed by atoms with van der Waals surface area (Å²) in [6.45, 7) is 0. The molecule has 5 nitrogen and oxygen atoms in total. The zero-order chi connectivity index (χ0) is 31.9. The number of aryl methyl sites for hydroxylation is 1. The molecule has 0 aliphatic heterocycles. The second-order valence-corrected chi connectivity index (χ2v) is 15.1. The van der Waals surface area contributed by atoms with Gasteiger partial charge in [-0.15, -0.1) is 45.3 Å². The lowest BCUT2D eigenvalue weighted by molar-refractivity contribution is -0.110. The first-order valence-corrected chi connectivity index (χ1v) is 16.7. The molecule has 2 aliphatic rings. The zero-order valence-electron chi connectivity index (χ0n) is 22.8. The van der Waals surface area contributed by atoms with E-state index >= 15 is 0 Å². The fourth-order valence-corrected chi connectivity index (χ4v) is 11.7. The summed E-state index contributed by atoms with van der Waals surface area (Å²) in [6.07, 6.45) is 2.98. The normalized spacial score (nSPS) is 16.6. The van der Waals surface area contributed by atoms with E-state index in [1.54, 1.807) is 22.7 Å². The summed E-state index contributed by atoms with van der Waals surface area (Å²) < 4.78 is 64.7. The third kappa shape index (κ3) is 3.59. The molecule has 7 aromatic rings. The van der Waals surface area contributed by atoms with Crippen molar-refractivity contribution >= 4 is 131 Å². The molecular formula is C33H11F4NO4S4. The molecule has 9 rings (SSSR count). The summed E-state index contributed by atoms with van der Waals surface area (Å²) in [5.74, 6) is -7.53. The van der Waals surface area contributed by atoms with Crippen molar-refractivity contribution in [3.05, 3.63) is 91.7 Å². The van der Waals surface area contributed by atoms with Crippen molar-refractivity contribution in [3.63, 3.8) is 0 Å². The molecule has 5 heterocycles. The molecule has 0 atom stereocenters. The molecule has 0 saturated carbocycles. The quantitative estimate of drug-likeness (QED) is 0.103. The molecule has 2 aromatic carbocycles. The van der Waals surface area contributed by atoms with Gasteiger partial charge in [-0.3, -0.25) is 19.2 Å². The van der Waals surface area contributed by atoms with E-state index in [2.05, 4.69) is 4.57 Å². The van der Waals surface area contributed by atoms with Gasteiger partial charge < -0.3 is 4.57 Å². The molecule has 0 saturated heterocycles. The van der Waals surface area contributed by atoms with E-state index in [-0.39, 0.29) is 27.8 Å². The number of fused-ring (bicyclic) bond motifs is 9. The number of nitrogens with zero attached hydrogens (tertiary/aromatic N) is 1. The lowest BCUT2D eigenvalue weighted by Gasteiger charge is -2.01. The Balaban J connectivity index is 1.16. The number of benzene rings is 2. The van der Waals surface area contributed by atoms with Crippen molar-refractivity contribution in [1.29, 1.82) is 0 Å². The Morgan fingerprint density at radius 2 is 1.04 bits per heavy atom. The molecule has 13 heteroatoms. The van der Waals surface area contributed by atoms with Gasteiger partial charge in [-0.2, -0.15) is 0 Å². The average Bonchev–Trinajstić information content (AvgIpc) is 3.82. The van der Waals surface area contributed by atoms with Crippen molar-refractivity contribution in [2.75, 3.05) is 0 Å². The fourth-order valence-electron chi connectivity index (χ4n) is 6.29. The first-order valence-electron chi connectivity index (χ1n) is 13.5. The van der Waals surface area contributed by atoms with Crippen molar-refractivity contribution in [2.24, 2.45) is 7.05 Å². The summed E-state index contributed by atoms with van der Waals surface area (Å²) in [6, 6.07) is 6.89. The largest absolute Gasteiger partial charge is 0.340 e. The lowest BCUT2D eigenvalue weighted by atomic mass is 10.1. The highest BCUT2D eigenvalue weighted by atomic mass is 32.1. The molecule has 0 N–H and O–H groups in total. The first-order chi connectivity index (χ1) is 22.0. The van der Waals surface area contributed by atoms with Crippen LogP contribution >= 0.6 is 45.3 Å². The molecule has 0 spiro atoms.